The minimum absolute atomic E-state index is 0.123. The van der Waals surface area contributed by atoms with Gasteiger partial charge in [-0.15, -0.1) is 0 Å². The Hall–Kier alpha value is -2.35. The maximum Gasteiger partial charge on any atom is 0.425 e. The summed E-state index contributed by atoms with van der Waals surface area (Å²) in [6.45, 7) is 4.90. The normalized spacial score (nSPS) is 14.3. The molecular formula is C16H17F3N2O3. The van der Waals surface area contributed by atoms with Crippen LogP contribution >= 0.6 is 0 Å². The van der Waals surface area contributed by atoms with Crippen LogP contribution in [0.2, 0.25) is 0 Å². The molecule has 2 N–H and O–H groups in total. The number of anilines is 1. The molecule has 2 aromatic rings. The monoisotopic (exact) mass is 342 g/mol. The molecule has 0 aliphatic heterocycles. The fraction of sp³-hybridized carbons (Fsp3) is 0.375. The lowest BCUT2D eigenvalue weighted by molar-refractivity contribution is -0.272. The van der Waals surface area contributed by atoms with E-state index in [1.807, 2.05) is 0 Å². The van der Waals surface area contributed by atoms with Gasteiger partial charge in [-0.1, -0.05) is 0 Å². The molecule has 0 aliphatic rings. The molecule has 0 spiro atoms. The van der Waals surface area contributed by atoms with Crippen LogP contribution in [0.5, 0.6) is 0 Å². The Morgan fingerprint density at radius 3 is 2.42 bits per heavy atom. The lowest BCUT2D eigenvalue weighted by Gasteiger charge is -2.27. The van der Waals surface area contributed by atoms with E-state index in [4.69, 9.17) is 4.42 Å². The highest BCUT2D eigenvalue weighted by Gasteiger charge is 2.58. The zero-order valence-electron chi connectivity index (χ0n) is 13.4. The summed E-state index contributed by atoms with van der Waals surface area (Å²) >= 11 is 0. The zero-order valence-corrected chi connectivity index (χ0v) is 13.4. The molecule has 0 fully saturated rings. The van der Waals surface area contributed by atoms with E-state index in [1.54, 1.807) is 19.9 Å². The zero-order chi connectivity index (χ0) is 18.1. The summed E-state index contributed by atoms with van der Waals surface area (Å²) in [6.07, 6.45) is -6.32. The largest absolute Gasteiger partial charge is 0.463 e. The number of halogens is 3. The quantitative estimate of drug-likeness (QED) is 0.893. The average Bonchev–Trinajstić information content (AvgIpc) is 2.82. The summed E-state index contributed by atoms with van der Waals surface area (Å²) in [5.41, 5.74) is -2.01. The van der Waals surface area contributed by atoms with Crippen molar-refractivity contribution in [3.8, 4) is 0 Å². The van der Waals surface area contributed by atoms with Gasteiger partial charge in [0.1, 0.15) is 17.3 Å². The van der Waals surface area contributed by atoms with Crippen molar-refractivity contribution in [2.75, 3.05) is 5.32 Å². The van der Waals surface area contributed by atoms with E-state index in [2.05, 4.69) is 10.3 Å². The highest BCUT2D eigenvalue weighted by molar-refractivity contribution is 5.90. The number of alkyl halides is 3. The van der Waals surface area contributed by atoms with Crippen molar-refractivity contribution < 1.29 is 27.5 Å². The van der Waals surface area contributed by atoms with E-state index < -0.39 is 29.9 Å². The van der Waals surface area contributed by atoms with Crippen molar-refractivity contribution in [1.82, 2.24) is 4.98 Å². The number of carbonyl (C=O) groups excluding carboxylic acids is 1. The van der Waals surface area contributed by atoms with Gasteiger partial charge in [-0.25, -0.2) is 4.98 Å². The van der Waals surface area contributed by atoms with E-state index in [9.17, 15) is 23.1 Å². The van der Waals surface area contributed by atoms with E-state index in [-0.39, 0.29) is 11.6 Å². The molecule has 1 atom stereocenters. The first-order chi connectivity index (χ1) is 11.0. The number of nitrogens with zero attached hydrogens (tertiary/aromatic N) is 1. The Labute approximate surface area is 136 Å². The highest BCUT2D eigenvalue weighted by Crippen LogP contribution is 2.42. The van der Waals surface area contributed by atoms with Gasteiger partial charge in [-0.05, 0) is 50.6 Å². The van der Waals surface area contributed by atoms with Crippen molar-refractivity contribution in [2.24, 2.45) is 0 Å². The number of aryl methyl sites for hydroxylation is 3. The molecule has 0 bridgehead atoms. The molecule has 1 amide bonds. The van der Waals surface area contributed by atoms with Crippen LogP contribution in [0, 0.1) is 20.8 Å². The van der Waals surface area contributed by atoms with Crippen LogP contribution in [0.25, 0.3) is 0 Å². The third-order valence-corrected chi connectivity index (χ3v) is 3.40. The fourth-order valence-corrected chi connectivity index (χ4v) is 2.31. The number of aromatic nitrogens is 1. The lowest BCUT2D eigenvalue weighted by atomic mass is 9.95. The van der Waals surface area contributed by atoms with Crippen LogP contribution in [0.1, 0.15) is 29.2 Å². The van der Waals surface area contributed by atoms with E-state index in [1.165, 1.54) is 19.1 Å². The Kier molecular flexibility index (Phi) is 4.70. The van der Waals surface area contributed by atoms with Gasteiger partial charge in [0.15, 0.2) is 0 Å². The van der Waals surface area contributed by atoms with Crippen LogP contribution in [0.15, 0.2) is 28.7 Å². The number of aliphatic hydroxyl groups is 1. The van der Waals surface area contributed by atoms with Gasteiger partial charge < -0.3 is 14.8 Å². The molecule has 2 rings (SSSR count). The smallest absolute Gasteiger partial charge is 0.425 e. The molecule has 5 nitrogen and oxygen atoms in total. The second-order valence-electron chi connectivity index (χ2n) is 5.66. The lowest BCUT2D eigenvalue weighted by Crippen LogP contribution is -2.44. The summed E-state index contributed by atoms with van der Waals surface area (Å²) in [5.74, 6) is -1.43. The van der Waals surface area contributed by atoms with Crippen LogP contribution in [-0.4, -0.2) is 22.2 Å². The number of pyridine rings is 1. The number of nitrogens with one attached hydrogen (secondary N) is 1. The molecule has 0 radical (unpaired) electrons. The topological polar surface area (TPSA) is 75.4 Å². The SMILES string of the molecule is Cc1cc(C)nc(NC(=O)CC(O)(c2ccc(C)o2)C(F)(F)F)c1. The van der Waals surface area contributed by atoms with Gasteiger partial charge in [0, 0.05) is 5.69 Å². The van der Waals surface area contributed by atoms with Crippen LogP contribution in [0.4, 0.5) is 19.0 Å². The number of rotatable bonds is 4. The Bertz CT molecular complexity index is 735. The molecule has 130 valence electrons. The molecule has 0 saturated heterocycles. The van der Waals surface area contributed by atoms with Gasteiger partial charge in [0.2, 0.25) is 11.5 Å². The van der Waals surface area contributed by atoms with Crippen molar-refractivity contribution in [3.05, 3.63) is 47.0 Å². The first kappa shape index (κ1) is 18.0. The standard InChI is InChI=1S/C16H17F3N2O3/c1-9-6-10(2)20-13(7-9)21-14(22)8-15(23,16(17,18)19)12-5-4-11(3)24-12/h4-7,23H,8H2,1-3H3,(H,20,21,22). The summed E-state index contributed by atoms with van der Waals surface area (Å²) in [4.78, 5) is 16.0. The Morgan fingerprint density at radius 1 is 1.25 bits per heavy atom. The predicted octanol–water partition coefficient (Wildman–Crippen LogP) is 3.38. The molecule has 2 aromatic heterocycles. The minimum atomic E-state index is -5.08. The van der Waals surface area contributed by atoms with Gasteiger partial charge >= 0.3 is 6.18 Å². The van der Waals surface area contributed by atoms with Crippen LogP contribution < -0.4 is 5.32 Å². The minimum Gasteiger partial charge on any atom is -0.463 e. The van der Waals surface area contributed by atoms with Crippen molar-refractivity contribution in [3.63, 3.8) is 0 Å². The molecule has 1 unspecified atom stereocenters. The summed E-state index contributed by atoms with van der Waals surface area (Å²) in [6, 6.07) is 5.57. The van der Waals surface area contributed by atoms with Gasteiger partial charge in [0.05, 0.1) is 6.42 Å². The molecular weight excluding hydrogens is 325 g/mol. The van der Waals surface area contributed by atoms with Gasteiger partial charge in [-0.3, -0.25) is 4.79 Å². The Balaban J connectivity index is 2.25. The van der Waals surface area contributed by atoms with Crippen molar-refractivity contribution in [2.45, 2.75) is 39.0 Å². The summed E-state index contributed by atoms with van der Waals surface area (Å²) < 4.78 is 44.9. The number of hydrogen-bond donors (Lipinski definition) is 2. The molecule has 0 saturated carbocycles. The number of amides is 1. The molecule has 8 heteroatoms. The third-order valence-electron chi connectivity index (χ3n) is 3.40. The van der Waals surface area contributed by atoms with Crippen molar-refractivity contribution >= 4 is 11.7 Å². The maximum atomic E-state index is 13.3. The van der Waals surface area contributed by atoms with Crippen molar-refractivity contribution in [1.29, 1.82) is 0 Å². The van der Waals surface area contributed by atoms with E-state index in [0.717, 1.165) is 11.6 Å². The second-order valence-corrected chi connectivity index (χ2v) is 5.66. The van der Waals surface area contributed by atoms with E-state index >= 15 is 0 Å². The number of carbonyl (C=O) groups is 1. The second kappa shape index (κ2) is 6.27. The molecule has 0 aromatic carbocycles. The molecule has 24 heavy (non-hydrogen) atoms. The summed E-state index contributed by atoms with van der Waals surface area (Å²) in [7, 11) is 0. The maximum absolute atomic E-state index is 13.3. The summed E-state index contributed by atoms with van der Waals surface area (Å²) in [5, 5.41) is 12.4. The third kappa shape index (κ3) is 3.76. The first-order valence-electron chi connectivity index (χ1n) is 7.12. The Morgan fingerprint density at radius 2 is 1.92 bits per heavy atom. The molecule has 0 aliphatic carbocycles. The van der Waals surface area contributed by atoms with Crippen LogP contribution in [0.3, 0.4) is 0 Å². The van der Waals surface area contributed by atoms with Gasteiger partial charge in [-0.2, -0.15) is 13.2 Å². The number of furan rings is 1. The van der Waals surface area contributed by atoms with E-state index in [0.29, 0.717) is 5.69 Å². The fourth-order valence-electron chi connectivity index (χ4n) is 2.31. The first-order valence-corrected chi connectivity index (χ1v) is 7.12. The average molecular weight is 342 g/mol. The van der Waals surface area contributed by atoms with Gasteiger partial charge in [0.25, 0.3) is 0 Å². The number of hydrogen-bond acceptors (Lipinski definition) is 4. The molecule has 2 heterocycles. The van der Waals surface area contributed by atoms with Crippen LogP contribution in [-0.2, 0) is 10.4 Å². The highest BCUT2D eigenvalue weighted by atomic mass is 19.4. The predicted molar refractivity (Wildman–Crippen MR) is 80.4 cm³/mol.